The Morgan fingerprint density at radius 2 is 1.89 bits per heavy atom. The minimum Gasteiger partial charge on any atom is -0.464 e. The third-order valence-electron chi connectivity index (χ3n) is 2.82. The van der Waals surface area contributed by atoms with E-state index in [0.29, 0.717) is 18.3 Å². The van der Waals surface area contributed by atoms with Crippen molar-refractivity contribution < 1.29 is 12.8 Å². The van der Waals surface area contributed by atoms with Gasteiger partial charge in [0.1, 0.15) is 17.3 Å². The molecule has 110 valence electrons. The van der Waals surface area contributed by atoms with Crippen molar-refractivity contribution in [1.82, 2.24) is 5.32 Å². The van der Waals surface area contributed by atoms with Crippen LogP contribution in [0.4, 0.5) is 0 Å². The predicted octanol–water partition coefficient (Wildman–Crippen LogP) is 2.88. The molecule has 0 saturated heterocycles. The molecule has 1 N–H and O–H groups in total. The molecule has 0 saturated carbocycles. The van der Waals surface area contributed by atoms with Crippen LogP contribution >= 0.6 is 0 Å². The van der Waals surface area contributed by atoms with Crippen LogP contribution in [-0.4, -0.2) is 20.2 Å². The number of nitrogens with one attached hydrogen (secondary N) is 1. The van der Waals surface area contributed by atoms with Crippen LogP contribution in [-0.2, 0) is 22.1 Å². The average Bonchev–Trinajstić information content (AvgIpc) is 2.73. The quantitative estimate of drug-likeness (QED) is 0.709. The normalized spacial score (nSPS) is 12.2. The summed E-state index contributed by atoms with van der Waals surface area (Å²) in [6.45, 7) is 6.81. The van der Waals surface area contributed by atoms with Crippen molar-refractivity contribution in [2.24, 2.45) is 0 Å². The molecular formula is C14H25NO3S. The topological polar surface area (TPSA) is 59.3 Å². The van der Waals surface area contributed by atoms with Gasteiger partial charge in [0, 0.05) is 6.04 Å². The van der Waals surface area contributed by atoms with Crippen LogP contribution in [0.15, 0.2) is 16.5 Å². The molecule has 0 radical (unpaired) electrons. The summed E-state index contributed by atoms with van der Waals surface area (Å²) >= 11 is 0. The Labute approximate surface area is 116 Å². The van der Waals surface area contributed by atoms with Crippen LogP contribution < -0.4 is 5.32 Å². The Balaban J connectivity index is 2.48. The Bertz CT molecular complexity index is 463. The molecule has 0 bridgehead atoms. The molecule has 0 spiro atoms. The molecule has 0 aliphatic rings. The first kappa shape index (κ1) is 16.2. The lowest BCUT2D eigenvalue weighted by molar-refractivity contribution is 0.443. The second kappa shape index (κ2) is 7.70. The molecular weight excluding hydrogens is 262 g/mol. The zero-order chi connectivity index (χ0) is 14.3. The van der Waals surface area contributed by atoms with Crippen molar-refractivity contribution in [3.8, 4) is 0 Å². The van der Waals surface area contributed by atoms with Gasteiger partial charge in [0.15, 0.2) is 9.84 Å². The smallest absolute Gasteiger partial charge is 0.157 e. The van der Waals surface area contributed by atoms with E-state index in [4.69, 9.17) is 4.42 Å². The monoisotopic (exact) mass is 287 g/mol. The van der Waals surface area contributed by atoms with E-state index in [1.54, 1.807) is 6.07 Å². The van der Waals surface area contributed by atoms with E-state index in [9.17, 15) is 8.42 Å². The number of furan rings is 1. The largest absolute Gasteiger partial charge is 0.464 e. The molecule has 1 aromatic rings. The van der Waals surface area contributed by atoms with Crippen molar-refractivity contribution in [2.45, 2.75) is 58.4 Å². The number of hydrogen-bond acceptors (Lipinski definition) is 4. The van der Waals surface area contributed by atoms with Crippen LogP contribution in [0.2, 0.25) is 0 Å². The third-order valence-corrected chi connectivity index (χ3v) is 4.46. The van der Waals surface area contributed by atoms with Gasteiger partial charge in [0.25, 0.3) is 0 Å². The maximum atomic E-state index is 11.9. The van der Waals surface area contributed by atoms with Crippen molar-refractivity contribution in [3.63, 3.8) is 0 Å². The summed E-state index contributed by atoms with van der Waals surface area (Å²) < 4.78 is 29.3. The first-order chi connectivity index (χ1) is 8.93. The molecule has 0 aliphatic carbocycles. The molecule has 19 heavy (non-hydrogen) atoms. The number of sulfone groups is 1. The zero-order valence-electron chi connectivity index (χ0n) is 12.1. The van der Waals surface area contributed by atoms with Gasteiger partial charge < -0.3 is 9.73 Å². The molecule has 5 heteroatoms. The first-order valence-electron chi connectivity index (χ1n) is 6.94. The number of unbranched alkanes of at least 4 members (excludes halogenated alkanes) is 2. The molecule has 1 rings (SSSR count). The van der Waals surface area contributed by atoms with E-state index in [1.165, 1.54) is 0 Å². The fourth-order valence-corrected chi connectivity index (χ4v) is 3.14. The van der Waals surface area contributed by atoms with Crippen LogP contribution in [0, 0.1) is 0 Å². The van der Waals surface area contributed by atoms with Gasteiger partial charge in [-0.15, -0.1) is 0 Å². The fourth-order valence-electron chi connectivity index (χ4n) is 1.76. The van der Waals surface area contributed by atoms with Gasteiger partial charge in [-0.05, 0) is 18.6 Å². The van der Waals surface area contributed by atoms with E-state index in [1.807, 2.05) is 6.07 Å². The molecule has 0 fully saturated rings. The van der Waals surface area contributed by atoms with Gasteiger partial charge in [-0.1, -0.05) is 33.6 Å². The fraction of sp³-hybridized carbons (Fsp3) is 0.714. The summed E-state index contributed by atoms with van der Waals surface area (Å²) in [6.07, 6.45) is 2.73. The maximum Gasteiger partial charge on any atom is 0.157 e. The van der Waals surface area contributed by atoms with Gasteiger partial charge in [0.05, 0.1) is 12.3 Å². The summed E-state index contributed by atoms with van der Waals surface area (Å²) in [6, 6.07) is 3.98. The molecule has 1 heterocycles. The van der Waals surface area contributed by atoms with Crippen LogP contribution in [0.3, 0.4) is 0 Å². The Hall–Kier alpha value is -0.810. The minimum absolute atomic E-state index is 0.0123. The van der Waals surface area contributed by atoms with E-state index in [-0.39, 0.29) is 11.5 Å². The molecule has 0 atom stereocenters. The van der Waals surface area contributed by atoms with Gasteiger partial charge in [-0.3, -0.25) is 0 Å². The lowest BCUT2D eigenvalue weighted by Gasteiger charge is -2.05. The molecule has 0 aliphatic heterocycles. The number of rotatable bonds is 9. The van der Waals surface area contributed by atoms with Gasteiger partial charge >= 0.3 is 0 Å². The standard InChI is InChI=1S/C14H25NO3S/c1-4-5-6-9-19(16,17)11-14-8-7-13(18-14)10-15-12(2)3/h7-8,12,15H,4-6,9-11H2,1-3H3. The van der Waals surface area contributed by atoms with Crippen LogP contribution in [0.25, 0.3) is 0 Å². The highest BCUT2D eigenvalue weighted by molar-refractivity contribution is 7.90. The van der Waals surface area contributed by atoms with Crippen molar-refractivity contribution in [1.29, 1.82) is 0 Å². The number of hydrogen-bond donors (Lipinski definition) is 1. The van der Waals surface area contributed by atoms with E-state index in [0.717, 1.165) is 25.0 Å². The van der Waals surface area contributed by atoms with Crippen LogP contribution in [0.5, 0.6) is 0 Å². The predicted molar refractivity (Wildman–Crippen MR) is 77.7 cm³/mol. The summed E-state index contributed by atoms with van der Waals surface area (Å²) in [5, 5.41) is 3.24. The summed E-state index contributed by atoms with van der Waals surface area (Å²) in [7, 11) is -3.04. The van der Waals surface area contributed by atoms with E-state index in [2.05, 4.69) is 26.1 Å². The molecule has 1 aromatic heterocycles. The molecule has 4 nitrogen and oxygen atoms in total. The maximum absolute atomic E-state index is 11.9. The SMILES string of the molecule is CCCCCS(=O)(=O)Cc1ccc(CNC(C)C)o1. The summed E-state index contributed by atoms with van der Waals surface area (Å²) in [5.41, 5.74) is 0. The van der Waals surface area contributed by atoms with Gasteiger partial charge in [-0.2, -0.15) is 0 Å². The highest BCUT2D eigenvalue weighted by atomic mass is 32.2. The summed E-state index contributed by atoms with van der Waals surface area (Å²) in [4.78, 5) is 0. The molecule has 0 unspecified atom stereocenters. The zero-order valence-corrected chi connectivity index (χ0v) is 12.9. The third kappa shape index (κ3) is 6.78. The van der Waals surface area contributed by atoms with Gasteiger partial charge in [-0.25, -0.2) is 8.42 Å². The lowest BCUT2D eigenvalue weighted by Crippen LogP contribution is -2.21. The Morgan fingerprint density at radius 3 is 2.53 bits per heavy atom. The second-order valence-corrected chi connectivity index (χ2v) is 7.39. The second-order valence-electron chi connectivity index (χ2n) is 5.20. The highest BCUT2D eigenvalue weighted by Gasteiger charge is 2.14. The van der Waals surface area contributed by atoms with Crippen molar-refractivity contribution >= 4 is 9.84 Å². The van der Waals surface area contributed by atoms with Crippen molar-refractivity contribution in [3.05, 3.63) is 23.7 Å². The average molecular weight is 287 g/mol. The van der Waals surface area contributed by atoms with E-state index < -0.39 is 9.84 Å². The van der Waals surface area contributed by atoms with Crippen LogP contribution in [0.1, 0.15) is 51.6 Å². The Morgan fingerprint density at radius 1 is 1.21 bits per heavy atom. The first-order valence-corrected chi connectivity index (χ1v) is 8.76. The lowest BCUT2D eigenvalue weighted by atomic mass is 10.3. The van der Waals surface area contributed by atoms with Gasteiger partial charge in [0.2, 0.25) is 0 Å². The Kier molecular flexibility index (Phi) is 6.58. The van der Waals surface area contributed by atoms with E-state index >= 15 is 0 Å². The highest BCUT2D eigenvalue weighted by Crippen LogP contribution is 2.13. The molecule has 0 aromatic carbocycles. The van der Waals surface area contributed by atoms with Crippen molar-refractivity contribution in [2.75, 3.05) is 5.75 Å². The summed E-state index contributed by atoms with van der Waals surface area (Å²) in [5.74, 6) is 1.59. The minimum atomic E-state index is -3.04. The molecule has 0 amide bonds.